The summed E-state index contributed by atoms with van der Waals surface area (Å²) in [6.07, 6.45) is 1.71. The maximum atomic E-state index is 11.0. The molecular formula is C14H20O4P+. The fourth-order valence-electron chi connectivity index (χ4n) is 1.50. The van der Waals surface area contributed by atoms with E-state index in [0.29, 0.717) is 32.2 Å². The normalized spacial score (nSPS) is 11.2. The highest BCUT2D eigenvalue weighted by molar-refractivity contribution is 7.39. The van der Waals surface area contributed by atoms with Gasteiger partial charge >= 0.3 is 8.03 Å². The molecule has 1 unspecified atom stereocenters. The van der Waals surface area contributed by atoms with Gasteiger partial charge in [-0.3, -0.25) is 4.79 Å². The molecule has 0 aliphatic heterocycles. The van der Waals surface area contributed by atoms with Crippen LogP contribution in [0.2, 0.25) is 0 Å². The zero-order valence-electron chi connectivity index (χ0n) is 11.4. The van der Waals surface area contributed by atoms with Gasteiger partial charge < -0.3 is 4.74 Å². The maximum absolute atomic E-state index is 11.0. The standard InChI is InChI=1S/C14H20O4P/c1-3-19(16)18-10-4-9-17-14-7-5-13(6-8-14)11-12(2)15/h5-8H,3-4,9-11H2,1-2H3/q+1. The minimum atomic E-state index is -1.50. The summed E-state index contributed by atoms with van der Waals surface area (Å²) in [6.45, 7) is 4.38. The number of rotatable bonds is 9. The van der Waals surface area contributed by atoms with Gasteiger partial charge in [-0.25, -0.2) is 0 Å². The van der Waals surface area contributed by atoms with Crippen molar-refractivity contribution in [3.63, 3.8) is 0 Å². The van der Waals surface area contributed by atoms with Crippen molar-refractivity contribution in [2.75, 3.05) is 19.4 Å². The predicted molar refractivity (Wildman–Crippen MR) is 75.0 cm³/mol. The fraction of sp³-hybridized carbons (Fsp3) is 0.500. The maximum Gasteiger partial charge on any atom is 0.507 e. The smallest absolute Gasteiger partial charge is 0.494 e. The number of carbonyl (C=O) groups excluding carboxylic acids is 1. The lowest BCUT2D eigenvalue weighted by Crippen LogP contribution is -2.01. The molecule has 0 aliphatic carbocycles. The fourth-order valence-corrected chi connectivity index (χ4v) is 2.01. The molecule has 0 heterocycles. The molecule has 1 aromatic rings. The summed E-state index contributed by atoms with van der Waals surface area (Å²) in [5.74, 6) is 0.919. The summed E-state index contributed by atoms with van der Waals surface area (Å²) in [6, 6.07) is 7.49. The molecule has 0 saturated heterocycles. The van der Waals surface area contributed by atoms with Gasteiger partial charge in [-0.1, -0.05) is 12.1 Å². The van der Waals surface area contributed by atoms with E-state index < -0.39 is 8.03 Å². The molecule has 0 bridgehead atoms. The lowest BCUT2D eigenvalue weighted by atomic mass is 10.1. The highest BCUT2D eigenvalue weighted by Gasteiger charge is 2.11. The Hall–Kier alpha value is -1.25. The Morgan fingerprint density at radius 1 is 1.21 bits per heavy atom. The third-order valence-electron chi connectivity index (χ3n) is 2.43. The van der Waals surface area contributed by atoms with Gasteiger partial charge in [0, 0.05) is 12.8 Å². The highest BCUT2D eigenvalue weighted by atomic mass is 31.1. The van der Waals surface area contributed by atoms with E-state index in [9.17, 15) is 9.36 Å². The molecule has 5 heteroatoms. The van der Waals surface area contributed by atoms with Crippen molar-refractivity contribution in [2.45, 2.75) is 26.7 Å². The second-order valence-corrected chi connectivity index (χ2v) is 5.76. The van der Waals surface area contributed by atoms with Crippen LogP contribution in [0.4, 0.5) is 0 Å². The first-order valence-corrected chi connectivity index (χ1v) is 7.77. The third kappa shape index (κ3) is 7.04. The van der Waals surface area contributed by atoms with Gasteiger partial charge in [0.05, 0.1) is 6.61 Å². The van der Waals surface area contributed by atoms with E-state index in [1.807, 2.05) is 31.2 Å². The van der Waals surface area contributed by atoms with Gasteiger partial charge in [-0.05, 0) is 36.1 Å². The number of ketones is 1. The van der Waals surface area contributed by atoms with Crippen molar-refractivity contribution < 1.29 is 18.6 Å². The molecule has 0 fully saturated rings. The van der Waals surface area contributed by atoms with Crippen LogP contribution < -0.4 is 4.74 Å². The van der Waals surface area contributed by atoms with E-state index in [2.05, 4.69) is 0 Å². The zero-order valence-corrected chi connectivity index (χ0v) is 12.3. The molecule has 1 atom stereocenters. The molecule has 0 aliphatic rings. The topological polar surface area (TPSA) is 52.6 Å². The summed E-state index contributed by atoms with van der Waals surface area (Å²) < 4.78 is 21.6. The molecule has 0 aromatic heterocycles. The van der Waals surface area contributed by atoms with Crippen LogP contribution in [0.15, 0.2) is 24.3 Å². The molecule has 4 nitrogen and oxygen atoms in total. The van der Waals surface area contributed by atoms with Gasteiger partial charge in [-0.2, -0.15) is 0 Å². The van der Waals surface area contributed by atoms with Crippen LogP contribution in [-0.4, -0.2) is 25.2 Å². The molecule has 104 valence electrons. The van der Waals surface area contributed by atoms with Crippen LogP contribution in [0.1, 0.15) is 25.8 Å². The van der Waals surface area contributed by atoms with Crippen LogP contribution >= 0.6 is 8.03 Å². The molecular weight excluding hydrogens is 263 g/mol. The Bertz CT molecular complexity index is 414. The molecule has 1 rings (SSSR count). The SMILES string of the molecule is CC[P+](=O)OCCCOc1ccc(CC(C)=O)cc1. The Morgan fingerprint density at radius 2 is 1.89 bits per heavy atom. The quantitative estimate of drug-likeness (QED) is 0.515. The number of benzene rings is 1. The Morgan fingerprint density at radius 3 is 2.47 bits per heavy atom. The number of hydrogen-bond donors (Lipinski definition) is 0. The molecule has 0 radical (unpaired) electrons. The summed E-state index contributed by atoms with van der Waals surface area (Å²) >= 11 is 0. The Balaban J connectivity index is 2.22. The third-order valence-corrected chi connectivity index (χ3v) is 3.41. The van der Waals surface area contributed by atoms with E-state index >= 15 is 0 Å². The van der Waals surface area contributed by atoms with Crippen molar-refractivity contribution >= 4 is 13.8 Å². The van der Waals surface area contributed by atoms with Crippen LogP contribution in [-0.2, 0) is 20.3 Å². The van der Waals surface area contributed by atoms with Gasteiger partial charge in [0.25, 0.3) is 0 Å². The molecule has 0 spiro atoms. The van der Waals surface area contributed by atoms with Crippen LogP contribution in [0.3, 0.4) is 0 Å². The second-order valence-electron chi connectivity index (χ2n) is 4.21. The summed E-state index contributed by atoms with van der Waals surface area (Å²) in [5.41, 5.74) is 0.989. The highest BCUT2D eigenvalue weighted by Crippen LogP contribution is 2.20. The first kappa shape index (κ1) is 15.8. The monoisotopic (exact) mass is 283 g/mol. The Kier molecular flexibility index (Phi) is 7.31. The Labute approximate surface area is 115 Å². The average molecular weight is 283 g/mol. The molecule has 19 heavy (non-hydrogen) atoms. The van der Waals surface area contributed by atoms with Crippen molar-refractivity contribution in [2.24, 2.45) is 0 Å². The summed E-state index contributed by atoms with van der Waals surface area (Å²) in [7, 11) is -1.50. The van der Waals surface area contributed by atoms with Crippen LogP contribution in [0.5, 0.6) is 5.75 Å². The lowest BCUT2D eigenvalue weighted by Gasteiger charge is -2.05. The van der Waals surface area contributed by atoms with Gasteiger partial charge in [0.2, 0.25) is 0 Å². The first-order chi connectivity index (χ1) is 9.11. The second kappa shape index (κ2) is 8.78. The van der Waals surface area contributed by atoms with Crippen molar-refractivity contribution in [1.29, 1.82) is 0 Å². The molecule has 1 aromatic carbocycles. The molecule has 0 N–H and O–H groups in total. The van der Waals surface area contributed by atoms with Gasteiger partial charge in [0.15, 0.2) is 6.16 Å². The minimum absolute atomic E-state index is 0.149. The van der Waals surface area contributed by atoms with E-state index in [1.54, 1.807) is 6.92 Å². The van der Waals surface area contributed by atoms with Crippen molar-refractivity contribution in [3.8, 4) is 5.75 Å². The number of hydrogen-bond acceptors (Lipinski definition) is 4. The van der Waals surface area contributed by atoms with Crippen molar-refractivity contribution in [1.82, 2.24) is 0 Å². The predicted octanol–water partition coefficient (Wildman–Crippen LogP) is 3.37. The van der Waals surface area contributed by atoms with E-state index in [1.165, 1.54) is 0 Å². The largest absolute Gasteiger partial charge is 0.507 e. The van der Waals surface area contributed by atoms with Gasteiger partial charge in [-0.15, -0.1) is 4.52 Å². The minimum Gasteiger partial charge on any atom is -0.494 e. The van der Waals surface area contributed by atoms with Crippen molar-refractivity contribution in [3.05, 3.63) is 29.8 Å². The average Bonchev–Trinajstić information content (AvgIpc) is 2.39. The molecule has 0 saturated carbocycles. The van der Waals surface area contributed by atoms with E-state index in [-0.39, 0.29) is 5.78 Å². The lowest BCUT2D eigenvalue weighted by molar-refractivity contribution is -0.116. The zero-order chi connectivity index (χ0) is 14.1. The first-order valence-electron chi connectivity index (χ1n) is 6.40. The summed E-state index contributed by atoms with van der Waals surface area (Å²) in [5, 5.41) is 0. The summed E-state index contributed by atoms with van der Waals surface area (Å²) in [4.78, 5) is 11.0. The number of carbonyl (C=O) groups is 1. The molecule has 0 amide bonds. The van der Waals surface area contributed by atoms with Crippen LogP contribution in [0.25, 0.3) is 0 Å². The van der Waals surface area contributed by atoms with E-state index in [0.717, 1.165) is 11.3 Å². The number of ether oxygens (including phenoxy) is 1. The number of Topliss-reactive ketones (excluding diaryl/α,β-unsaturated/α-hetero) is 1. The van der Waals surface area contributed by atoms with Crippen LogP contribution in [0, 0.1) is 0 Å². The van der Waals surface area contributed by atoms with E-state index in [4.69, 9.17) is 9.26 Å². The van der Waals surface area contributed by atoms with Gasteiger partial charge in [0.1, 0.15) is 18.1 Å².